The molecule has 2 heterocycles. The summed E-state index contributed by atoms with van der Waals surface area (Å²) in [4.78, 5) is 16.6. The fraction of sp³-hybridized carbons (Fsp3) is 0.176. The Morgan fingerprint density at radius 2 is 1.95 bits per heavy atom. The van der Waals surface area contributed by atoms with Crippen LogP contribution in [0.15, 0.2) is 48.8 Å². The number of ether oxygens (including phenoxy) is 1. The third-order valence-electron chi connectivity index (χ3n) is 3.26. The molecule has 5 heteroatoms. The Morgan fingerprint density at radius 1 is 1.18 bits per heavy atom. The summed E-state index contributed by atoms with van der Waals surface area (Å²) in [6, 6.07) is 10.9. The highest BCUT2D eigenvalue weighted by Crippen LogP contribution is 2.16. The summed E-state index contributed by atoms with van der Waals surface area (Å²) in [7, 11) is 0. The lowest BCUT2D eigenvalue weighted by Gasteiger charge is -2.07. The van der Waals surface area contributed by atoms with Crippen molar-refractivity contribution in [1.29, 1.82) is 0 Å². The molecule has 1 aromatic carbocycles. The van der Waals surface area contributed by atoms with Crippen LogP contribution in [0.5, 0.6) is 5.75 Å². The molecule has 0 atom stereocenters. The molecule has 5 nitrogen and oxygen atoms in total. The number of hydrogen-bond acceptors (Lipinski definition) is 3. The summed E-state index contributed by atoms with van der Waals surface area (Å²) in [5.41, 5.74) is 3.06. The van der Waals surface area contributed by atoms with Crippen LogP contribution in [0.2, 0.25) is 0 Å². The normalized spacial score (nSPS) is 10.6. The molecule has 3 rings (SSSR count). The van der Waals surface area contributed by atoms with E-state index in [9.17, 15) is 4.79 Å². The second kappa shape index (κ2) is 5.89. The Balaban J connectivity index is 1.77. The van der Waals surface area contributed by atoms with Crippen molar-refractivity contribution in [2.24, 2.45) is 0 Å². The second-order valence-corrected chi connectivity index (χ2v) is 4.98. The number of carbonyl (C=O) groups excluding carboxylic acids is 1. The number of benzene rings is 1. The van der Waals surface area contributed by atoms with Crippen LogP contribution in [0, 0.1) is 6.92 Å². The van der Waals surface area contributed by atoms with Crippen LogP contribution in [0.25, 0.3) is 5.65 Å². The lowest BCUT2D eigenvalue weighted by atomic mass is 10.2. The minimum absolute atomic E-state index is 0.155. The molecule has 1 amide bonds. The first-order chi connectivity index (χ1) is 10.7. The molecule has 112 valence electrons. The maximum atomic E-state index is 12.3. The van der Waals surface area contributed by atoms with E-state index >= 15 is 0 Å². The van der Waals surface area contributed by atoms with E-state index in [4.69, 9.17) is 4.74 Å². The highest BCUT2D eigenvalue weighted by molar-refractivity contribution is 6.04. The monoisotopic (exact) mass is 295 g/mol. The number of aryl methyl sites for hydroxylation is 1. The predicted molar refractivity (Wildman–Crippen MR) is 85.5 cm³/mol. The first-order valence-electron chi connectivity index (χ1n) is 7.15. The van der Waals surface area contributed by atoms with Gasteiger partial charge in [-0.3, -0.25) is 4.79 Å². The molecule has 0 aliphatic carbocycles. The largest absolute Gasteiger partial charge is 0.494 e. The van der Waals surface area contributed by atoms with Crippen molar-refractivity contribution in [1.82, 2.24) is 9.38 Å². The third-order valence-corrected chi connectivity index (χ3v) is 3.26. The summed E-state index contributed by atoms with van der Waals surface area (Å²) in [5.74, 6) is 0.633. The number of rotatable bonds is 4. The number of anilines is 1. The Hall–Kier alpha value is -2.82. The molecule has 0 aliphatic rings. The van der Waals surface area contributed by atoms with Crippen molar-refractivity contribution in [3.8, 4) is 5.75 Å². The van der Waals surface area contributed by atoms with E-state index in [0.29, 0.717) is 12.2 Å². The molecule has 0 aliphatic heterocycles. The van der Waals surface area contributed by atoms with E-state index in [1.54, 1.807) is 12.3 Å². The van der Waals surface area contributed by atoms with E-state index in [0.717, 1.165) is 22.8 Å². The first-order valence-corrected chi connectivity index (χ1v) is 7.15. The van der Waals surface area contributed by atoms with Gasteiger partial charge >= 0.3 is 0 Å². The number of carbonyl (C=O) groups is 1. The van der Waals surface area contributed by atoms with Crippen molar-refractivity contribution in [3.05, 3.63) is 60.0 Å². The van der Waals surface area contributed by atoms with Crippen LogP contribution in [-0.4, -0.2) is 21.9 Å². The number of aromatic nitrogens is 2. The van der Waals surface area contributed by atoms with Crippen molar-refractivity contribution in [2.45, 2.75) is 13.8 Å². The van der Waals surface area contributed by atoms with Crippen molar-refractivity contribution in [2.75, 3.05) is 11.9 Å². The van der Waals surface area contributed by atoms with Crippen molar-refractivity contribution < 1.29 is 9.53 Å². The molecule has 0 spiro atoms. The van der Waals surface area contributed by atoms with E-state index in [1.807, 2.05) is 54.8 Å². The minimum atomic E-state index is -0.155. The molecule has 22 heavy (non-hydrogen) atoms. The first kappa shape index (κ1) is 14.1. The Kier molecular flexibility index (Phi) is 3.78. The van der Waals surface area contributed by atoms with E-state index in [-0.39, 0.29) is 5.91 Å². The fourth-order valence-electron chi connectivity index (χ4n) is 2.26. The number of amides is 1. The van der Waals surface area contributed by atoms with Gasteiger partial charge in [-0.2, -0.15) is 0 Å². The summed E-state index contributed by atoms with van der Waals surface area (Å²) >= 11 is 0. The molecule has 1 N–H and O–H groups in total. The van der Waals surface area contributed by atoms with Gasteiger partial charge in [-0.25, -0.2) is 4.98 Å². The molecule has 0 saturated heterocycles. The van der Waals surface area contributed by atoms with Crippen molar-refractivity contribution in [3.63, 3.8) is 0 Å². The zero-order valence-corrected chi connectivity index (χ0v) is 12.5. The maximum absolute atomic E-state index is 12.3. The van der Waals surface area contributed by atoms with Crippen LogP contribution >= 0.6 is 0 Å². The van der Waals surface area contributed by atoms with Crippen molar-refractivity contribution >= 4 is 17.2 Å². The Labute approximate surface area is 128 Å². The van der Waals surface area contributed by atoms with Gasteiger partial charge in [-0.05, 0) is 50.2 Å². The molecule has 0 bridgehead atoms. The van der Waals surface area contributed by atoms with Gasteiger partial charge in [0, 0.05) is 18.1 Å². The van der Waals surface area contributed by atoms with Gasteiger partial charge in [0.2, 0.25) is 0 Å². The van der Waals surface area contributed by atoms with Crippen LogP contribution in [0.1, 0.15) is 23.0 Å². The minimum Gasteiger partial charge on any atom is -0.494 e. The van der Waals surface area contributed by atoms with Crippen LogP contribution < -0.4 is 10.1 Å². The maximum Gasteiger partial charge on any atom is 0.257 e. The van der Waals surface area contributed by atoms with Gasteiger partial charge in [0.15, 0.2) is 0 Å². The van der Waals surface area contributed by atoms with Gasteiger partial charge in [0.1, 0.15) is 11.4 Å². The second-order valence-electron chi connectivity index (χ2n) is 4.98. The number of fused-ring (bicyclic) bond motifs is 1. The topological polar surface area (TPSA) is 55.6 Å². The SMILES string of the molecule is CCOc1ccc(NC(=O)c2ccc3nc(C)cn3c2)cc1. The van der Waals surface area contributed by atoms with Crippen LogP contribution in [0.4, 0.5) is 5.69 Å². The van der Waals surface area contributed by atoms with Crippen LogP contribution in [0.3, 0.4) is 0 Å². The lowest BCUT2D eigenvalue weighted by molar-refractivity contribution is 0.102. The van der Waals surface area contributed by atoms with Gasteiger partial charge < -0.3 is 14.5 Å². The number of pyridine rings is 1. The lowest BCUT2D eigenvalue weighted by Crippen LogP contribution is -2.12. The van der Waals surface area contributed by atoms with Gasteiger partial charge in [0.05, 0.1) is 17.9 Å². The highest BCUT2D eigenvalue weighted by atomic mass is 16.5. The molecule has 3 aromatic rings. The van der Waals surface area contributed by atoms with Gasteiger partial charge in [-0.1, -0.05) is 0 Å². The summed E-state index contributed by atoms with van der Waals surface area (Å²) < 4.78 is 7.23. The smallest absolute Gasteiger partial charge is 0.257 e. The number of nitrogens with zero attached hydrogens (tertiary/aromatic N) is 2. The molecule has 0 saturated carbocycles. The Morgan fingerprint density at radius 3 is 2.68 bits per heavy atom. The van der Waals surface area contributed by atoms with E-state index in [1.165, 1.54) is 0 Å². The molecular weight excluding hydrogens is 278 g/mol. The molecular formula is C17H17N3O2. The highest BCUT2D eigenvalue weighted by Gasteiger charge is 2.08. The number of imidazole rings is 1. The van der Waals surface area contributed by atoms with E-state index < -0.39 is 0 Å². The zero-order chi connectivity index (χ0) is 15.5. The van der Waals surface area contributed by atoms with E-state index in [2.05, 4.69) is 10.3 Å². The number of hydrogen-bond donors (Lipinski definition) is 1. The van der Waals surface area contributed by atoms with Crippen LogP contribution in [-0.2, 0) is 0 Å². The molecule has 2 aromatic heterocycles. The van der Waals surface area contributed by atoms with Gasteiger partial charge in [0.25, 0.3) is 5.91 Å². The standard InChI is InChI=1S/C17H17N3O2/c1-3-22-15-7-5-14(6-8-15)19-17(21)13-4-9-16-18-12(2)10-20(16)11-13/h4-11H,3H2,1-2H3,(H,19,21). The molecule has 0 unspecified atom stereocenters. The Bertz CT molecular complexity index is 806. The predicted octanol–water partition coefficient (Wildman–Crippen LogP) is 3.29. The fourth-order valence-corrected chi connectivity index (χ4v) is 2.26. The van der Waals surface area contributed by atoms with Gasteiger partial charge in [-0.15, -0.1) is 0 Å². The molecule has 0 radical (unpaired) electrons. The average Bonchev–Trinajstić information content (AvgIpc) is 2.88. The average molecular weight is 295 g/mol. The summed E-state index contributed by atoms with van der Waals surface area (Å²) in [6.45, 7) is 4.48. The summed E-state index contributed by atoms with van der Waals surface area (Å²) in [6.07, 6.45) is 3.67. The molecule has 0 fully saturated rings. The zero-order valence-electron chi connectivity index (χ0n) is 12.5. The third kappa shape index (κ3) is 2.93. The number of nitrogens with one attached hydrogen (secondary N) is 1. The quantitative estimate of drug-likeness (QED) is 0.803. The summed E-state index contributed by atoms with van der Waals surface area (Å²) in [5, 5.41) is 2.87.